The van der Waals surface area contributed by atoms with Crippen LogP contribution in [0.5, 0.6) is 0 Å². The molecule has 1 saturated carbocycles. The molecular formula is C17H27Br3O2. The molecule has 0 aromatic rings. The van der Waals surface area contributed by atoms with Crippen LogP contribution in [0.1, 0.15) is 70.6 Å². The maximum absolute atomic E-state index is 10.9. The Kier molecular flexibility index (Phi) is 11.9. The standard InChI is InChI=1S/C17H27Br3O2/c18-17(19,20)15(14-21)10-6-3-1-2-4-9-13-22-16-11-7-5-8-12-16/h5,15-16H,1-4,6-13H2. The zero-order chi connectivity index (χ0) is 16.3. The summed E-state index contributed by atoms with van der Waals surface area (Å²) in [4.78, 5) is 10.9. The molecule has 0 spiro atoms. The topological polar surface area (TPSA) is 26.3 Å². The number of rotatable bonds is 11. The molecule has 1 aliphatic rings. The largest absolute Gasteiger partial charge is 0.378 e. The smallest absolute Gasteiger partial charge is 0.205 e. The first-order valence-corrected chi connectivity index (χ1v) is 10.8. The van der Waals surface area contributed by atoms with E-state index in [2.05, 4.69) is 60.5 Å². The molecule has 0 heterocycles. The Morgan fingerprint density at radius 1 is 1.05 bits per heavy atom. The highest BCUT2D eigenvalue weighted by Gasteiger charge is 2.30. The number of halogens is 3. The molecule has 1 aliphatic carbocycles. The van der Waals surface area contributed by atoms with Gasteiger partial charge in [-0.05, 0) is 44.9 Å². The van der Waals surface area contributed by atoms with Crippen LogP contribution in [-0.2, 0) is 9.53 Å². The maximum atomic E-state index is 10.9. The SMILES string of the molecule is O=[C]C(CCCCCCCCOC1CC[CH]CC1)C(Br)(Br)Br. The third-order valence-electron chi connectivity index (χ3n) is 4.16. The van der Waals surface area contributed by atoms with Crippen molar-refractivity contribution < 1.29 is 9.53 Å². The van der Waals surface area contributed by atoms with Crippen LogP contribution < -0.4 is 0 Å². The number of ether oxygens (including phenoxy) is 1. The van der Waals surface area contributed by atoms with Gasteiger partial charge in [-0.2, -0.15) is 0 Å². The van der Waals surface area contributed by atoms with Crippen molar-refractivity contribution >= 4 is 54.1 Å². The maximum Gasteiger partial charge on any atom is 0.205 e. The monoisotopic (exact) mass is 500 g/mol. The predicted octanol–water partition coefficient (Wildman–Crippen LogP) is 6.44. The van der Waals surface area contributed by atoms with Crippen molar-refractivity contribution in [3.8, 4) is 0 Å². The highest BCUT2D eigenvalue weighted by molar-refractivity contribution is 9.39. The fourth-order valence-corrected chi connectivity index (χ4v) is 3.73. The minimum absolute atomic E-state index is 0.159. The van der Waals surface area contributed by atoms with Crippen molar-refractivity contribution in [2.24, 2.45) is 5.92 Å². The molecule has 1 unspecified atom stereocenters. The van der Waals surface area contributed by atoms with Crippen molar-refractivity contribution in [2.45, 2.75) is 78.9 Å². The average molecular weight is 503 g/mol. The zero-order valence-electron chi connectivity index (χ0n) is 13.2. The summed E-state index contributed by atoms with van der Waals surface area (Å²) in [7, 11) is 0. The summed E-state index contributed by atoms with van der Waals surface area (Å²) in [5.41, 5.74) is 0. The molecule has 1 rings (SSSR count). The molecule has 22 heavy (non-hydrogen) atoms. The second kappa shape index (κ2) is 12.4. The summed E-state index contributed by atoms with van der Waals surface area (Å²) in [5, 5.41) is 0. The summed E-state index contributed by atoms with van der Waals surface area (Å²) in [6.45, 7) is 0.923. The van der Waals surface area contributed by atoms with Crippen LogP contribution in [0.3, 0.4) is 0 Å². The minimum atomic E-state index is -0.497. The fraction of sp³-hybridized carbons (Fsp3) is 0.882. The van der Waals surface area contributed by atoms with Crippen LogP contribution in [0.2, 0.25) is 0 Å². The summed E-state index contributed by atoms with van der Waals surface area (Å²) in [6, 6.07) is 0. The van der Waals surface area contributed by atoms with Gasteiger partial charge in [-0.3, -0.25) is 4.79 Å². The molecule has 0 saturated heterocycles. The Hall–Kier alpha value is 1.07. The normalized spacial score (nSPS) is 18.3. The van der Waals surface area contributed by atoms with E-state index in [1.54, 1.807) is 0 Å². The minimum Gasteiger partial charge on any atom is -0.378 e. The van der Waals surface area contributed by atoms with E-state index in [0.717, 1.165) is 19.4 Å². The first-order valence-electron chi connectivity index (χ1n) is 8.41. The van der Waals surface area contributed by atoms with E-state index in [-0.39, 0.29) is 5.92 Å². The van der Waals surface area contributed by atoms with Gasteiger partial charge in [-0.15, -0.1) is 0 Å². The predicted molar refractivity (Wildman–Crippen MR) is 104 cm³/mol. The molecule has 0 aromatic heterocycles. The third-order valence-corrected chi connectivity index (χ3v) is 5.82. The number of hydrogen-bond acceptors (Lipinski definition) is 2. The van der Waals surface area contributed by atoms with E-state index in [1.165, 1.54) is 57.8 Å². The fourth-order valence-electron chi connectivity index (χ4n) is 2.76. The van der Waals surface area contributed by atoms with Crippen molar-refractivity contribution in [1.29, 1.82) is 0 Å². The van der Waals surface area contributed by atoms with Crippen LogP contribution in [-0.4, -0.2) is 21.1 Å². The van der Waals surface area contributed by atoms with Gasteiger partial charge in [0.2, 0.25) is 6.29 Å². The van der Waals surface area contributed by atoms with Gasteiger partial charge < -0.3 is 4.74 Å². The lowest BCUT2D eigenvalue weighted by molar-refractivity contribution is 0.0326. The summed E-state index contributed by atoms with van der Waals surface area (Å²) < 4.78 is 5.42. The molecule has 0 aromatic carbocycles. The molecule has 2 nitrogen and oxygen atoms in total. The second-order valence-corrected chi connectivity index (χ2v) is 13.0. The van der Waals surface area contributed by atoms with Gasteiger partial charge in [0, 0.05) is 6.61 Å². The number of hydrogen-bond donors (Lipinski definition) is 0. The molecule has 0 N–H and O–H groups in total. The Morgan fingerprint density at radius 2 is 1.64 bits per heavy atom. The van der Waals surface area contributed by atoms with E-state index < -0.39 is 2.14 Å². The van der Waals surface area contributed by atoms with Crippen LogP contribution in [0.25, 0.3) is 0 Å². The lowest BCUT2D eigenvalue weighted by Gasteiger charge is -2.21. The second-order valence-electron chi connectivity index (χ2n) is 6.06. The number of carbonyl (C=O) groups excluding carboxylic acids is 1. The molecule has 1 atom stereocenters. The zero-order valence-corrected chi connectivity index (χ0v) is 17.9. The Bertz CT molecular complexity index is 286. The molecular weight excluding hydrogens is 476 g/mol. The number of alkyl halides is 3. The third kappa shape index (κ3) is 10.0. The van der Waals surface area contributed by atoms with Gasteiger partial charge in [0.25, 0.3) is 0 Å². The molecule has 1 fully saturated rings. The highest BCUT2D eigenvalue weighted by Crippen LogP contribution is 2.42. The van der Waals surface area contributed by atoms with Crippen molar-refractivity contribution in [3.05, 3.63) is 6.42 Å². The molecule has 0 aliphatic heterocycles. The van der Waals surface area contributed by atoms with Crippen molar-refractivity contribution in [3.63, 3.8) is 0 Å². The van der Waals surface area contributed by atoms with Gasteiger partial charge in [0.05, 0.1) is 12.0 Å². The molecule has 128 valence electrons. The highest BCUT2D eigenvalue weighted by atomic mass is 80.0. The van der Waals surface area contributed by atoms with E-state index in [4.69, 9.17) is 4.74 Å². The summed E-state index contributed by atoms with van der Waals surface area (Å²) in [5.74, 6) is -0.159. The average Bonchev–Trinajstić information content (AvgIpc) is 2.49. The van der Waals surface area contributed by atoms with Gasteiger partial charge >= 0.3 is 0 Å². The molecule has 5 heteroatoms. The Labute approximate surface area is 160 Å². The van der Waals surface area contributed by atoms with Gasteiger partial charge in [0.1, 0.15) is 2.14 Å². The molecule has 0 amide bonds. The first kappa shape index (κ1) is 21.1. The van der Waals surface area contributed by atoms with Crippen LogP contribution >= 0.6 is 47.8 Å². The van der Waals surface area contributed by atoms with Gasteiger partial charge in [0.15, 0.2) is 0 Å². The lowest BCUT2D eigenvalue weighted by atomic mass is 9.98. The quantitative estimate of drug-likeness (QED) is 0.240. The van der Waals surface area contributed by atoms with E-state index >= 15 is 0 Å². The summed E-state index contributed by atoms with van der Waals surface area (Å²) in [6.07, 6.45) is 17.9. The van der Waals surface area contributed by atoms with Gasteiger partial charge in [-0.1, -0.05) is 79.9 Å². The van der Waals surface area contributed by atoms with E-state index in [0.29, 0.717) is 6.10 Å². The molecule has 2 radical (unpaired) electrons. The summed E-state index contributed by atoms with van der Waals surface area (Å²) >= 11 is 10.2. The van der Waals surface area contributed by atoms with Crippen LogP contribution in [0.4, 0.5) is 0 Å². The Morgan fingerprint density at radius 3 is 2.23 bits per heavy atom. The molecule has 0 bridgehead atoms. The van der Waals surface area contributed by atoms with Crippen LogP contribution in [0.15, 0.2) is 0 Å². The first-order chi connectivity index (χ1) is 10.5. The van der Waals surface area contributed by atoms with Gasteiger partial charge in [-0.25, -0.2) is 0 Å². The Balaban J connectivity index is 1.88. The van der Waals surface area contributed by atoms with Crippen LogP contribution in [0, 0.1) is 12.3 Å². The van der Waals surface area contributed by atoms with E-state index in [9.17, 15) is 4.79 Å². The van der Waals surface area contributed by atoms with E-state index in [1.807, 2.05) is 0 Å². The van der Waals surface area contributed by atoms with Crippen molar-refractivity contribution in [1.82, 2.24) is 0 Å². The number of unbranched alkanes of at least 4 members (excludes halogenated alkanes) is 5. The lowest BCUT2D eigenvalue weighted by Crippen LogP contribution is -2.18. The van der Waals surface area contributed by atoms with Crippen molar-refractivity contribution in [2.75, 3.05) is 6.61 Å².